The molecule has 5 aromatic heterocycles. The first kappa shape index (κ1) is 35.1. The highest BCUT2D eigenvalue weighted by atomic mass is 32.1. The Labute approximate surface area is 376 Å². The number of thiophene rings is 1. The molecule has 0 aliphatic carbocycles. The Morgan fingerprint density at radius 3 is 1.09 bits per heavy atom. The van der Waals surface area contributed by atoms with Crippen molar-refractivity contribution in [1.29, 1.82) is 0 Å². The second-order valence-electron chi connectivity index (χ2n) is 17.3. The zero-order chi connectivity index (χ0) is 42.3. The predicted octanol–water partition coefficient (Wildman–Crippen LogP) is 16.4. The lowest BCUT2D eigenvalue weighted by atomic mass is 10.1. The monoisotopic (exact) mass is 844 g/mol. The van der Waals surface area contributed by atoms with Crippen molar-refractivity contribution in [3.63, 3.8) is 0 Å². The highest BCUT2D eigenvalue weighted by Gasteiger charge is 2.23. The minimum atomic E-state index is 1.14. The maximum atomic E-state index is 2.48. The Morgan fingerprint density at radius 1 is 0.215 bits per heavy atom. The lowest BCUT2D eigenvalue weighted by Crippen LogP contribution is -1.98. The van der Waals surface area contributed by atoms with Crippen LogP contribution < -0.4 is 0 Å². The summed E-state index contributed by atoms with van der Waals surface area (Å²) in [4.78, 5) is 0. The van der Waals surface area contributed by atoms with Gasteiger partial charge in [-0.25, -0.2) is 0 Å². The summed E-state index contributed by atoms with van der Waals surface area (Å²) >= 11 is 1.94. The number of fused-ring (bicyclic) bond motifs is 17. The van der Waals surface area contributed by atoms with Crippen LogP contribution >= 0.6 is 11.3 Å². The van der Waals surface area contributed by atoms with E-state index in [0.29, 0.717) is 0 Å². The van der Waals surface area contributed by atoms with Crippen molar-refractivity contribution in [2.45, 2.75) is 0 Å². The standard InChI is InChI=1S/C60H36N4S/c1-2-15-37(16-3-1)61-51-26-11-6-21-43(51)48-36-40(29-32-54(48)61)64-53-28-13-8-23-47(53)58-56(64)34-31-45-44-30-33-55-57(59(44)65-60(45)58)46-22-7-12-27-52(46)63(55)39-18-14-17-38(35-39)62-49-24-9-4-19-41(49)42-20-5-10-25-50(42)62/h1-36H. The molecule has 65 heavy (non-hydrogen) atoms. The van der Waals surface area contributed by atoms with Crippen molar-refractivity contribution < 1.29 is 0 Å². The predicted molar refractivity (Wildman–Crippen MR) is 277 cm³/mol. The normalized spacial score (nSPS) is 12.3. The molecule has 0 amide bonds. The molecule has 0 unspecified atom stereocenters. The molecule has 10 aromatic carbocycles. The first-order valence-corrected chi connectivity index (χ1v) is 23.1. The van der Waals surface area contributed by atoms with E-state index < -0.39 is 0 Å². The molecule has 5 heterocycles. The molecule has 15 aromatic rings. The van der Waals surface area contributed by atoms with Gasteiger partial charge in [0.1, 0.15) is 0 Å². The quantitative estimate of drug-likeness (QED) is 0.168. The number of benzene rings is 10. The molecule has 0 radical (unpaired) electrons. The molecule has 15 rings (SSSR count). The van der Waals surface area contributed by atoms with Gasteiger partial charge in [0.05, 0.1) is 44.1 Å². The first-order chi connectivity index (χ1) is 32.3. The van der Waals surface area contributed by atoms with Gasteiger partial charge in [0.25, 0.3) is 0 Å². The van der Waals surface area contributed by atoms with Crippen molar-refractivity contribution in [1.82, 2.24) is 18.3 Å². The maximum absolute atomic E-state index is 2.48. The summed E-state index contributed by atoms with van der Waals surface area (Å²) in [6.07, 6.45) is 0. The molecular weight excluding hydrogens is 809 g/mol. The van der Waals surface area contributed by atoms with E-state index >= 15 is 0 Å². The van der Waals surface area contributed by atoms with Gasteiger partial charge in [0, 0.05) is 86.0 Å². The fourth-order valence-electron chi connectivity index (χ4n) is 11.3. The van der Waals surface area contributed by atoms with E-state index in [0.717, 1.165) is 17.1 Å². The van der Waals surface area contributed by atoms with E-state index in [9.17, 15) is 0 Å². The number of aromatic nitrogens is 4. The molecule has 302 valence electrons. The molecular formula is C60H36N4S. The van der Waals surface area contributed by atoms with E-state index in [2.05, 4.69) is 237 Å². The van der Waals surface area contributed by atoms with Gasteiger partial charge in [-0.1, -0.05) is 127 Å². The third kappa shape index (κ3) is 4.74. The van der Waals surface area contributed by atoms with E-state index in [1.165, 1.54) is 113 Å². The van der Waals surface area contributed by atoms with Crippen LogP contribution in [0.1, 0.15) is 0 Å². The van der Waals surface area contributed by atoms with Crippen molar-refractivity contribution in [3.05, 3.63) is 218 Å². The van der Waals surface area contributed by atoms with E-state index in [1.807, 2.05) is 11.3 Å². The number of hydrogen-bond donors (Lipinski definition) is 0. The van der Waals surface area contributed by atoms with Crippen molar-refractivity contribution in [2.75, 3.05) is 0 Å². The Kier molecular flexibility index (Phi) is 7.07. The minimum Gasteiger partial charge on any atom is -0.309 e. The minimum absolute atomic E-state index is 1.14. The van der Waals surface area contributed by atoms with Crippen LogP contribution in [0.2, 0.25) is 0 Å². The zero-order valence-electron chi connectivity index (χ0n) is 35.0. The zero-order valence-corrected chi connectivity index (χ0v) is 35.8. The van der Waals surface area contributed by atoms with Gasteiger partial charge in [-0.2, -0.15) is 0 Å². The summed E-state index contributed by atoms with van der Waals surface area (Å²) in [6.45, 7) is 0. The van der Waals surface area contributed by atoms with Crippen LogP contribution in [0.5, 0.6) is 0 Å². The fraction of sp³-hybridized carbons (Fsp3) is 0. The molecule has 0 aliphatic heterocycles. The smallest absolute Gasteiger partial charge is 0.0555 e. The van der Waals surface area contributed by atoms with Crippen LogP contribution in [0.3, 0.4) is 0 Å². The van der Waals surface area contributed by atoms with Gasteiger partial charge in [-0.05, 0) is 91.0 Å². The van der Waals surface area contributed by atoms with Crippen molar-refractivity contribution in [3.8, 4) is 22.7 Å². The Hall–Kier alpha value is -8.38. The third-order valence-corrected chi connectivity index (χ3v) is 15.2. The maximum Gasteiger partial charge on any atom is 0.0555 e. The van der Waals surface area contributed by atoms with Gasteiger partial charge in [-0.15, -0.1) is 11.3 Å². The van der Waals surface area contributed by atoms with Crippen LogP contribution in [0.15, 0.2) is 218 Å². The fourth-order valence-corrected chi connectivity index (χ4v) is 12.7. The molecule has 0 N–H and O–H groups in total. The number of rotatable bonds is 4. The van der Waals surface area contributed by atoms with Gasteiger partial charge in [0.15, 0.2) is 0 Å². The topological polar surface area (TPSA) is 19.7 Å². The van der Waals surface area contributed by atoms with Crippen LogP contribution in [0.4, 0.5) is 0 Å². The van der Waals surface area contributed by atoms with Gasteiger partial charge in [0.2, 0.25) is 0 Å². The third-order valence-electron chi connectivity index (χ3n) is 13.9. The van der Waals surface area contributed by atoms with Gasteiger partial charge >= 0.3 is 0 Å². The number of hydrogen-bond acceptors (Lipinski definition) is 1. The van der Waals surface area contributed by atoms with Crippen LogP contribution in [-0.4, -0.2) is 18.3 Å². The molecule has 0 saturated carbocycles. The van der Waals surface area contributed by atoms with Gasteiger partial charge in [-0.3, -0.25) is 0 Å². The summed E-state index contributed by atoms with van der Waals surface area (Å²) in [6, 6.07) is 80.4. The van der Waals surface area contributed by atoms with E-state index in [4.69, 9.17) is 0 Å². The average Bonchev–Trinajstić information content (AvgIpc) is 4.17. The van der Waals surface area contributed by atoms with Crippen LogP contribution in [0.25, 0.3) is 130 Å². The summed E-state index contributed by atoms with van der Waals surface area (Å²) in [5.74, 6) is 0. The summed E-state index contributed by atoms with van der Waals surface area (Å²) in [5.41, 5.74) is 14.3. The molecule has 0 spiro atoms. The van der Waals surface area contributed by atoms with Crippen molar-refractivity contribution in [2.24, 2.45) is 0 Å². The van der Waals surface area contributed by atoms with Crippen LogP contribution in [0, 0.1) is 0 Å². The Morgan fingerprint density at radius 2 is 0.569 bits per heavy atom. The second-order valence-corrected chi connectivity index (χ2v) is 18.3. The molecule has 0 saturated heterocycles. The molecule has 5 heteroatoms. The highest BCUT2D eigenvalue weighted by molar-refractivity contribution is 7.27. The average molecular weight is 845 g/mol. The highest BCUT2D eigenvalue weighted by Crippen LogP contribution is 2.48. The SMILES string of the molecule is c1ccc(-n2c3ccccc3c3cc(-n4c5ccccc5c5c6sc7c(ccc8c7c7ccccc7n8-c7cccc(-n8c9ccccc9c9ccccc98)c7)c6ccc54)ccc32)cc1. The summed E-state index contributed by atoms with van der Waals surface area (Å²) in [5, 5.41) is 12.8. The first-order valence-electron chi connectivity index (χ1n) is 22.3. The molecule has 0 fully saturated rings. The lowest BCUT2D eigenvalue weighted by Gasteiger charge is -2.12. The number of para-hydroxylation sites is 6. The van der Waals surface area contributed by atoms with Gasteiger partial charge < -0.3 is 18.3 Å². The molecule has 0 atom stereocenters. The molecule has 0 bridgehead atoms. The number of nitrogens with zero attached hydrogens (tertiary/aromatic N) is 4. The van der Waals surface area contributed by atoms with E-state index in [1.54, 1.807) is 0 Å². The second kappa shape index (κ2) is 13.1. The summed E-state index contributed by atoms with van der Waals surface area (Å²) in [7, 11) is 0. The Balaban J connectivity index is 0.959. The molecule has 4 nitrogen and oxygen atoms in total. The lowest BCUT2D eigenvalue weighted by molar-refractivity contribution is 1.13. The van der Waals surface area contributed by atoms with Crippen LogP contribution in [-0.2, 0) is 0 Å². The van der Waals surface area contributed by atoms with Crippen molar-refractivity contribution >= 4 is 119 Å². The van der Waals surface area contributed by atoms with E-state index in [-0.39, 0.29) is 0 Å². The largest absolute Gasteiger partial charge is 0.309 e. The summed E-state index contributed by atoms with van der Waals surface area (Å²) < 4.78 is 12.4. The Bertz CT molecular complexity index is 4420. The molecule has 0 aliphatic rings.